The highest BCUT2D eigenvalue weighted by Gasteiger charge is 2.16. The van der Waals surface area contributed by atoms with E-state index in [1.807, 2.05) is 44.2 Å². The maximum atomic E-state index is 11.7. The van der Waals surface area contributed by atoms with Crippen LogP contribution in [0.3, 0.4) is 0 Å². The molecule has 0 aliphatic rings. The van der Waals surface area contributed by atoms with Gasteiger partial charge in [0.25, 0.3) is 0 Å². The molecule has 0 aliphatic heterocycles. The average molecular weight is 216 g/mol. The van der Waals surface area contributed by atoms with Crippen LogP contribution in [0.15, 0.2) is 30.3 Å². The molecule has 3 heteroatoms. The number of rotatable bonds is 4. The van der Waals surface area contributed by atoms with Gasteiger partial charge in [0, 0.05) is 5.92 Å². The molecule has 0 heterocycles. The fraction of sp³-hybridized carbons (Fsp3) is 0.385. The number of carbonyl (C=O) groups is 1. The van der Waals surface area contributed by atoms with Crippen molar-refractivity contribution in [2.75, 3.05) is 0 Å². The first-order valence-electron chi connectivity index (χ1n) is 5.44. The first-order chi connectivity index (χ1) is 7.69. The van der Waals surface area contributed by atoms with E-state index in [-0.39, 0.29) is 11.8 Å². The van der Waals surface area contributed by atoms with Crippen molar-refractivity contribution < 1.29 is 4.79 Å². The molecule has 0 radical (unpaired) electrons. The Bertz CT molecular complexity index is 381. The van der Waals surface area contributed by atoms with E-state index in [0.29, 0.717) is 0 Å². The van der Waals surface area contributed by atoms with E-state index in [1.165, 1.54) is 0 Å². The predicted molar refractivity (Wildman–Crippen MR) is 62.4 cm³/mol. The quantitative estimate of drug-likeness (QED) is 0.840. The highest BCUT2D eigenvalue weighted by Crippen LogP contribution is 2.12. The zero-order chi connectivity index (χ0) is 12.0. The van der Waals surface area contributed by atoms with Gasteiger partial charge < -0.3 is 5.32 Å². The summed E-state index contributed by atoms with van der Waals surface area (Å²) in [6.45, 7) is 3.81. The maximum absolute atomic E-state index is 11.7. The Morgan fingerprint density at radius 1 is 1.44 bits per heavy atom. The van der Waals surface area contributed by atoms with Crippen LogP contribution in [0.4, 0.5) is 0 Å². The molecular formula is C13H16N2O. The zero-order valence-corrected chi connectivity index (χ0v) is 9.60. The molecule has 2 unspecified atom stereocenters. The van der Waals surface area contributed by atoms with Crippen molar-refractivity contribution in [1.82, 2.24) is 5.32 Å². The summed E-state index contributed by atoms with van der Waals surface area (Å²) < 4.78 is 0. The number of nitriles is 1. The number of carbonyl (C=O) groups excluding carboxylic acids is 1. The Labute approximate surface area is 96.1 Å². The third kappa shape index (κ3) is 3.09. The molecule has 3 nitrogen and oxygen atoms in total. The molecule has 0 bridgehead atoms. The van der Waals surface area contributed by atoms with Crippen molar-refractivity contribution >= 4 is 5.91 Å². The number of hydrogen-bond acceptors (Lipinski definition) is 2. The van der Waals surface area contributed by atoms with Gasteiger partial charge in [-0.25, -0.2) is 0 Å². The lowest BCUT2D eigenvalue weighted by molar-refractivity contribution is -0.125. The molecule has 1 aromatic rings. The normalized spacial score (nSPS) is 13.6. The Balaban J connectivity index is 2.72. The van der Waals surface area contributed by atoms with Crippen LogP contribution in [0.5, 0.6) is 0 Å². The first kappa shape index (κ1) is 12.3. The minimum absolute atomic E-state index is 0.0560. The van der Waals surface area contributed by atoms with Crippen LogP contribution in [0, 0.1) is 17.2 Å². The highest BCUT2D eigenvalue weighted by molar-refractivity contribution is 5.79. The fourth-order valence-electron chi connectivity index (χ4n) is 1.31. The standard InChI is InChI=1S/C13H16N2O/c1-3-10(2)13(16)15-12(9-14)11-7-5-4-6-8-11/h4-8,10,12H,3H2,1-2H3,(H,15,16). The molecule has 2 atom stereocenters. The molecule has 1 amide bonds. The predicted octanol–water partition coefficient (Wildman–Crippen LogP) is 2.41. The molecule has 0 saturated heterocycles. The lowest BCUT2D eigenvalue weighted by Gasteiger charge is -2.14. The van der Waals surface area contributed by atoms with Gasteiger partial charge in [-0.15, -0.1) is 0 Å². The summed E-state index contributed by atoms with van der Waals surface area (Å²) in [4.78, 5) is 11.7. The summed E-state index contributed by atoms with van der Waals surface area (Å²) in [6.07, 6.45) is 0.777. The maximum Gasteiger partial charge on any atom is 0.224 e. The summed E-state index contributed by atoms with van der Waals surface area (Å²) in [5.74, 6) is -0.127. The third-order valence-electron chi connectivity index (χ3n) is 2.61. The second kappa shape index (κ2) is 5.92. The summed E-state index contributed by atoms with van der Waals surface area (Å²) in [6, 6.07) is 10.8. The molecule has 0 spiro atoms. The van der Waals surface area contributed by atoms with E-state index in [2.05, 4.69) is 11.4 Å². The molecule has 1 N–H and O–H groups in total. The van der Waals surface area contributed by atoms with E-state index in [0.717, 1.165) is 12.0 Å². The van der Waals surface area contributed by atoms with Crippen molar-refractivity contribution in [2.45, 2.75) is 26.3 Å². The van der Waals surface area contributed by atoms with Gasteiger partial charge in [-0.1, -0.05) is 44.2 Å². The largest absolute Gasteiger partial charge is 0.336 e. The van der Waals surface area contributed by atoms with Crippen LogP contribution in [0.2, 0.25) is 0 Å². The van der Waals surface area contributed by atoms with Gasteiger partial charge in [-0.05, 0) is 12.0 Å². The Morgan fingerprint density at radius 2 is 2.06 bits per heavy atom. The molecule has 0 aliphatic carbocycles. The molecule has 84 valence electrons. The minimum Gasteiger partial charge on any atom is -0.336 e. The second-order valence-corrected chi connectivity index (χ2v) is 3.79. The summed E-state index contributed by atoms with van der Waals surface area (Å²) >= 11 is 0. The molecule has 0 saturated carbocycles. The van der Waals surface area contributed by atoms with Crippen molar-refractivity contribution in [2.24, 2.45) is 5.92 Å². The molecule has 16 heavy (non-hydrogen) atoms. The SMILES string of the molecule is CCC(C)C(=O)NC(C#N)c1ccccc1. The Hall–Kier alpha value is -1.82. The van der Waals surface area contributed by atoms with Gasteiger partial charge in [0.1, 0.15) is 6.04 Å². The topological polar surface area (TPSA) is 52.9 Å². The van der Waals surface area contributed by atoms with E-state index >= 15 is 0 Å². The van der Waals surface area contributed by atoms with Gasteiger partial charge in [0.2, 0.25) is 5.91 Å². The van der Waals surface area contributed by atoms with E-state index in [9.17, 15) is 4.79 Å². The molecule has 0 fully saturated rings. The van der Waals surface area contributed by atoms with Crippen LogP contribution in [0.1, 0.15) is 31.9 Å². The van der Waals surface area contributed by atoms with Crippen LogP contribution in [-0.4, -0.2) is 5.91 Å². The van der Waals surface area contributed by atoms with Gasteiger partial charge in [0.15, 0.2) is 0 Å². The lowest BCUT2D eigenvalue weighted by Crippen LogP contribution is -2.31. The van der Waals surface area contributed by atoms with Crippen LogP contribution in [0.25, 0.3) is 0 Å². The smallest absolute Gasteiger partial charge is 0.224 e. The fourth-order valence-corrected chi connectivity index (χ4v) is 1.31. The van der Waals surface area contributed by atoms with E-state index < -0.39 is 6.04 Å². The Kier molecular flexibility index (Phi) is 4.53. The van der Waals surface area contributed by atoms with Crippen LogP contribution < -0.4 is 5.32 Å². The average Bonchev–Trinajstić information content (AvgIpc) is 2.35. The van der Waals surface area contributed by atoms with Gasteiger partial charge in [-0.2, -0.15) is 5.26 Å². The number of benzene rings is 1. The van der Waals surface area contributed by atoms with Gasteiger partial charge in [0.05, 0.1) is 6.07 Å². The van der Waals surface area contributed by atoms with Crippen molar-refractivity contribution in [1.29, 1.82) is 5.26 Å². The van der Waals surface area contributed by atoms with E-state index in [1.54, 1.807) is 0 Å². The zero-order valence-electron chi connectivity index (χ0n) is 9.60. The summed E-state index contributed by atoms with van der Waals surface area (Å²) in [7, 11) is 0. The molecule has 1 aromatic carbocycles. The second-order valence-electron chi connectivity index (χ2n) is 3.79. The summed E-state index contributed by atoms with van der Waals surface area (Å²) in [5.41, 5.74) is 0.821. The van der Waals surface area contributed by atoms with Crippen molar-refractivity contribution in [3.63, 3.8) is 0 Å². The highest BCUT2D eigenvalue weighted by atomic mass is 16.1. The molecular weight excluding hydrogens is 200 g/mol. The third-order valence-corrected chi connectivity index (χ3v) is 2.61. The number of nitrogens with zero attached hydrogens (tertiary/aromatic N) is 1. The van der Waals surface area contributed by atoms with Crippen molar-refractivity contribution in [3.05, 3.63) is 35.9 Å². The van der Waals surface area contributed by atoms with Gasteiger partial charge >= 0.3 is 0 Å². The number of amides is 1. The molecule has 1 rings (SSSR count). The van der Waals surface area contributed by atoms with E-state index in [4.69, 9.17) is 5.26 Å². The van der Waals surface area contributed by atoms with Crippen LogP contribution in [-0.2, 0) is 4.79 Å². The molecule has 0 aromatic heterocycles. The van der Waals surface area contributed by atoms with Gasteiger partial charge in [-0.3, -0.25) is 4.79 Å². The summed E-state index contributed by atoms with van der Waals surface area (Å²) in [5, 5.41) is 11.8. The van der Waals surface area contributed by atoms with Crippen molar-refractivity contribution in [3.8, 4) is 6.07 Å². The first-order valence-corrected chi connectivity index (χ1v) is 5.44. The Morgan fingerprint density at radius 3 is 2.56 bits per heavy atom. The lowest BCUT2D eigenvalue weighted by atomic mass is 10.1. The van der Waals surface area contributed by atoms with Crippen LogP contribution >= 0.6 is 0 Å². The monoisotopic (exact) mass is 216 g/mol. The number of nitrogens with one attached hydrogen (secondary N) is 1. The number of hydrogen-bond donors (Lipinski definition) is 1. The minimum atomic E-state index is -0.553.